The van der Waals surface area contributed by atoms with Crippen molar-refractivity contribution in [2.75, 3.05) is 0 Å². The minimum atomic E-state index is -0.754. The lowest BCUT2D eigenvalue weighted by atomic mass is 9.86. The Kier molecular flexibility index (Phi) is 4.58. The number of carbonyl (C=O) groups excluding carboxylic acids is 1. The molecule has 0 aromatic rings. The van der Waals surface area contributed by atoms with Gasteiger partial charge in [0.25, 0.3) is 0 Å². The topological polar surface area (TPSA) is 78.4 Å². The van der Waals surface area contributed by atoms with E-state index in [0.29, 0.717) is 6.42 Å². The van der Waals surface area contributed by atoms with Crippen molar-refractivity contribution in [2.45, 2.75) is 51.6 Å². The second-order valence-electron chi connectivity index (χ2n) is 4.67. The Labute approximate surface area is 95.6 Å². The first-order chi connectivity index (χ1) is 7.49. The first kappa shape index (κ1) is 12.8. The third-order valence-electron chi connectivity index (χ3n) is 2.78. The summed E-state index contributed by atoms with van der Waals surface area (Å²) in [6.45, 7) is 3.78. The number of hydrogen-bond donors (Lipinski definition) is 3. The fraction of sp³-hybridized carbons (Fsp3) is 0.818. The molecule has 0 saturated heterocycles. The summed E-state index contributed by atoms with van der Waals surface area (Å²) in [7, 11) is 0. The molecule has 0 bridgehead atoms. The van der Waals surface area contributed by atoms with E-state index in [1.54, 1.807) is 0 Å². The molecule has 3 N–H and O–H groups in total. The number of carboxylic acid groups (broad SMARTS) is 1. The van der Waals surface area contributed by atoms with E-state index in [1.807, 2.05) is 13.8 Å². The first-order valence-electron chi connectivity index (χ1n) is 5.79. The standard InChI is InChI=1S/C11H20N2O3/c1-7(2)12-11(16)13-9-5-3-4-8(6-9)10(14)15/h7-9H,3-6H2,1-2H3,(H,14,15)(H2,12,13,16). The van der Waals surface area contributed by atoms with E-state index in [1.165, 1.54) is 0 Å². The smallest absolute Gasteiger partial charge is 0.315 e. The molecular formula is C11H20N2O3. The highest BCUT2D eigenvalue weighted by Crippen LogP contribution is 2.24. The molecule has 1 saturated carbocycles. The Balaban J connectivity index is 2.37. The summed E-state index contributed by atoms with van der Waals surface area (Å²) in [5.74, 6) is -1.06. The van der Waals surface area contributed by atoms with Crippen molar-refractivity contribution < 1.29 is 14.7 Å². The number of rotatable bonds is 3. The van der Waals surface area contributed by atoms with Gasteiger partial charge < -0.3 is 15.7 Å². The lowest BCUT2D eigenvalue weighted by molar-refractivity contribution is -0.143. The predicted molar refractivity (Wildman–Crippen MR) is 60.2 cm³/mol. The van der Waals surface area contributed by atoms with Gasteiger partial charge in [0.05, 0.1) is 5.92 Å². The van der Waals surface area contributed by atoms with E-state index in [-0.39, 0.29) is 24.0 Å². The summed E-state index contributed by atoms with van der Waals surface area (Å²) >= 11 is 0. The maximum Gasteiger partial charge on any atom is 0.315 e. The number of carboxylic acids is 1. The third-order valence-corrected chi connectivity index (χ3v) is 2.78. The Morgan fingerprint density at radius 3 is 2.56 bits per heavy atom. The minimum Gasteiger partial charge on any atom is -0.481 e. The van der Waals surface area contributed by atoms with Gasteiger partial charge in [-0.15, -0.1) is 0 Å². The van der Waals surface area contributed by atoms with Gasteiger partial charge >= 0.3 is 12.0 Å². The van der Waals surface area contributed by atoms with E-state index in [0.717, 1.165) is 19.3 Å². The summed E-state index contributed by atoms with van der Waals surface area (Å²) in [5.41, 5.74) is 0. The van der Waals surface area contributed by atoms with Gasteiger partial charge in [-0.2, -0.15) is 0 Å². The van der Waals surface area contributed by atoms with Gasteiger partial charge in [-0.05, 0) is 33.1 Å². The summed E-state index contributed by atoms with van der Waals surface area (Å²) < 4.78 is 0. The zero-order valence-electron chi connectivity index (χ0n) is 9.82. The van der Waals surface area contributed by atoms with Crippen molar-refractivity contribution in [3.05, 3.63) is 0 Å². The van der Waals surface area contributed by atoms with E-state index in [9.17, 15) is 9.59 Å². The van der Waals surface area contributed by atoms with Crippen molar-refractivity contribution in [2.24, 2.45) is 5.92 Å². The molecule has 16 heavy (non-hydrogen) atoms. The number of aliphatic carboxylic acids is 1. The lowest BCUT2D eigenvalue weighted by Crippen LogP contribution is -2.46. The van der Waals surface area contributed by atoms with E-state index in [2.05, 4.69) is 10.6 Å². The van der Waals surface area contributed by atoms with Gasteiger partial charge in [-0.25, -0.2) is 4.79 Å². The maximum atomic E-state index is 11.4. The molecule has 1 aliphatic carbocycles. The molecule has 0 aromatic heterocycles. The van der Waals surface area contributed by atoms with Gasteiger partial charge in [0, 0.05) is 12.1 Å². The largest absolute Gasteiger partial charge is 0.481 e. The van der Waals surface area contributed by atoms with Crippen LogP contribution >= 0.6 is 0 Å². The molecule has 0 spiro atoms. The highest BCUT2D eigenvalue weighted by Gasteiger charge is 2.27. The van der Waals surface area contributed by atoms with Gasteiger partial charge in [0.15, 0.2) is 0 Å². The normalized spacial score (nSPS) is 25.2. The molecule has 1 fully saturated rings. The molecule has 1 aliphatic rings. The Morgan fingerprint density at radius 2 is 2.00 bits per heavy atom. The summed E-state index contributed by atoms with van der Waals surface area (Å²) in [5, 5.41) is 14.5. The average Bonchev–Trinajstić information content (AvgIpc) is 2.16. The zero-order chi connectivity index (χ0) is 12.1. The molecular weight excluding hydrogens is 208 g/mol. The molecule has 0 aromatic carbocycles. The molecule has 92 valence electrons. The van der Waals surface area contributed by atoms with Gasteiger partial charge in [0.1, 0.15) is 0 Å². The molecule has 0 radical (unpaired) electrons. The second-order valence-corrected chi connectivity index (χ2v) is 4.67. The SMILES string of the molecule is CC(C)NC(=O)NC1CCCC(C(=O)O)C1. The van der Waals surface area contributed by atoms with E-state index >= 15 is 0 Å². The maximum absolute atomic E-state index is 11.4. The molecule has 1 rings (SSSR count). The first-order valence-corrected chi connectivity index (χ1v) is 5.79. The van der Waals surface area contributed by atoms with Crippen molar-refractivity contribution in [3.8, 4) is 0 Å². The van der Waals surface area contributed by atoms with E-state index in [4.69, 9.17) is 5.11 Å². The molecule has 5 heteroatoms. The fourth-order valence-electron chi connectivity index (χ4n) is 2.03. The predicted octanol–water partition coefficient (Wildman–Crippen LogP) is 1.34. The minimum absolute atomic E-state index is 0.00593. The third kappa shape index (κ3) is 4.08. The molecule has 2 amide bonds. The van der Waals surface area contributed by atoms with Crippen LogP contribution in [0, 0.1) is 5.92 Å². The van der Waals surface area contributed by atoms with Crippen LogP contribution in [-0.4, -0.2) is 29.2 Å². The monoisotopic (exact) mass is 228 g/mol. The summed E-state index contributed by atoms with van der Waals surface area (Å²) in [4.78, 5) is 22.3. The number of amides is 2. The Bertz CT molecular complexity index is 266. The number of carbonyl (C=O) groups is 2. The molecule has 2 atom stereocenters. The van der Waals surface area contributed by atoms with Crippen LogP contribution < -0.4 is 10.6 Å². The second kappa shape index (κ2) is 5.72. The van der Waals surface area contributed by atoms with Crippen LogP contribution in [0.15, 0.2) is 0 Å². The van der Waals surface area contributed by atoms with Crippen LogP contribution in [0.1, 0.15) is 39.5 Å². The highest BCUT2D eigenvalue weighted by molar-refractivity contribution is 5.75. The van der Waals surface area contributed by atoms with Crippen LogP contribution in [0.3, 0.4) is 0 Å². The number of urea groups is 1. The number of nitrogens with one attached hydrogen (secondary N) is 2. The molecule has 2 unspecified atom stereocenters. The van der Waals surface area contributed by atoms with Crippen LogP contribution in [0.2, 0.25) is 0 Å². The van der Waals surface area contributed by atoms with Gasteiger partial charge in [-0.3, -0.25) is 4.79 Å². The summed E-state index contributed by atoms with van der Waals surface area (Å²) in [6, 6.07) is -0.112. The van der Waals surface area contributed by atoms with Crippen LogP contribution in [0.4, 0.5) is 4.79 Å². The van der Waals surface area contributed by atoms with Crippen LogP contribution in [-0.2, 0) is 4.79 Å². The lowest BCUT2D eigenvalue weighted by Gasteiger charge is -2.27. The Hall–Kier alpha value is -1.26. The molecule has 5 nitrogen and oxygen atoms in total. The van der Waals surface area contributed by atoms with Crippen molar-refractivity contribution >= 4 is 12.0 Å². The Morgan fingerprint density at radius 1 is 1.31 bits per heavy atom. The van der Waals surface area contributed by atoms with E-state index < -0.39 is 5.97 Å². The van der Waals surface area contributed by atoms with Crippen LogP contribution in [0.5, 0.6) is 0 Å². The highest BCUT2D eigenvalue weighted by atomic mass is 16.4. The fourth-order valence-corrected chi connectivity index (χ4v) is 2.03. The molecule has 0 heterocycles. The van der Waals surface area contributed by atoms with Crippen molar-refractivity contribution in [3.63, 3.8) is 0 Å². The zero-order valence-corrected chi connectivity index (χ0v) is 9.82. The van der Waals surface area contributed by atoms with Gasteiger partial charge in [0.2, 0.25) is 0 Å². The molecule has 0 aliphatic heterocycles. The van der Waals surface area contributed by atoms with Gasteiger partial charge in [-0.1, -0.05) is 6.42 Å². The average molecular weight is 228 g/mol. The van der Waals surface area contributed by atoms with Crippen molar-refractivity contribution in [1.29, 1.82) is 0 Å². The van der Waals surface area contributed by atoms with Crippen molar-refractivity contribution in [1.82, 2.24) is 10.6 Å². The number of hydrogen-bond acceptors (Lipinski definition) is 2. The summed E-state index contributed by atoms with van der Waals surface area (Å²) in [6.07, 6.45) is 3.00. The quantitative estimate of drug-likeness (QED) is 0.682. The van der Waals surface area contributed by atoms with Crippen LogP contribution in [0.25, 0.3) is 0 Å².